The highest BCUT2D eigenvalue weighted by Crippen LogP contribution is 2.37. The predicted octanol–water partition coefficient (Wildman–Crippen LogP) is 3.38. The van der Waals surface area contributed by atoms with Crippen LogP contribution in [-0.4, -0.2) is 99.6 Å². The highest BCUT2D eigenvalue weighted by atomic mass is 35.5. The molecule has 43 heavy (non-hydrogen) atoms. The molecule has 2 N–H and O–H groups in total. The lowest BCUT2D eigenvalue weighted by atomic mass is 9.93. The summed E-state index contributed by atoms with van der Waals surface area (Å²) < 4.78 is 24.9. The van der Waals surface area contributed by atoms with Crippen molar-refractivity contribution in [2.24, 2.45) is 10.4 Å². The van der Waals surface area contributed by atoms with Gasteiger partial charge in [-0.05, 0) is 52.0 Å². The highest BCUT2D eigenvalue weighted by molar-refractivity contribution is 7.80. The fourth-order valence-electron chi connectivity index (χ4n) is 5.66. The topological polar surface area (TPSA) is 124 Å². The molecule has 3 aliphatic heterocycles. The van der Waals surface area contributed by atoms with E-state index in [1.54, 1.807) is 27.7 Å². The number of aliphatic imine (C=N–C) groups is 1. The number of piperazine rings is 1. The van der Waals surface area contributed by atoms with Gasteiger partial charge in [-0.1, -0.05) is 17.7 Å². The van der Waals surface area contributed by atoms with Gasteiger partial charge >= 0.3 is 11.9 Å². The van der Waals surface area contributed by atoms with Gasteiger partial charge in [0, 0.05) is 55.6 Å². The van der Waals surface area contributed by atoms with Gasteiger partial charge in [-0.25, -0.2) is 14.2 Å². The number of aromatic nitrogens is 1. The molecule has 0 saturated carbocycles. The molecule has 2 unspecified atom stereocenters. The molecule has 2 aromatic rings. The van der Waals surface area contributed by atoms with E-state index < -0.39 is 29.2 Å². The Morgan fingerprint density at radius 1 is 1.30 bits per heavy atom. The number of fused-ring (bicyclic) bond motifs is 1. The Labute approximate surface area is 259 Å². The van der Waals surface area contributed by atoms with E-state index in [2.05, 4.69) is 20.1 Å². The maximum atomic E-state index is 14.0. The molecular formula is C29H34ClFN6O5S. The van der Waals surface area contributed by atoms with Crippen LogP contribution < -0.4 is 5.32 Å². The quantitative estimate of drug-likeness (QED) is 0.312. The van der Waals surface area contributed by atoms with Crippen LogP contribution in [0.15, 0.2) is 45.3 Å². The van der Waals surface area contributed by atoms with Gasteiger partial charge in [0.1, 0.15) is 23.3 Å². The molecule has 2 atom stereocenters. The fourth-order valence-corrected chi connectivity index (χ4v) is 6.31. The first kappa shape index (κ1) is 30.9. The summed E-state index contributed by atoms with van der Waals surface area (Å²) in [6, 6.07) is 3.16. The molecule has 4 heterocycles. The number of carbonyl (C=O) groups is 2. The number of oxazole rings is 1. The third-order valence-electron chi connectivity index (χ3n) is 7.91. The molecule has 0 amide bonds. The van der Waals surface area contributed by atoms with E-state index in [0.29, 0.717) is 72.9 Å². The molecule has 2 fully saturated rings. The number of ether oxygens (including phenoxy) is 1. The molecule has 0 spiro atoms. The Morgan fingerprint density at radius 3 is 2.72 bits per heavy atom. The molecule has 0 radical (unpaired) electrons. The van der Waals surface area contributed by atoms with Crippen LogP contribution in [0.2, 0.25) is 5.02 Å². The van der Waals surface area contributed by atoms with Crippen LogP contribution in [0.4, 0.5) is 4.39 Å². The largest absolute Gasteiger partial charge is 0.481 e. The number of esters is 1. The molecule has 5 rings (SSSR count). The van der Waals surface area contributed by atoms with Crippen molar-refractivity contribution < 1.29 is 28.2 Å². The van der Waals surface area contributed by atoms with Gasteiger partial charge in [-0.15, -0.1) is 0 Å². The van der Waals surface area contributed by atoms with E-state index in [4.69, 9.17) is 38.0 Å². The molecule has 0 bridgehead atoms. The molecular weight excluding hydrogens is 599 g/mol. The summed E-state index contributed by atoms with van der Waals surface area (Å²) in [5.41, 5.74) is 0.816. The number of amidine groups is 1. The maximum Gasteiger partial charge on any atom is 0.338 e. The Balaban J connectivity index is 1.47. The number of hydrogen-bond acceptors (Lipinski definition) is 9. The number of benzene rings is 1. The Kier molecular flexibility index (Phi) is 8.77. The average Bonchev–Trinajstić information content (AvgIpc) is 3.50. The first-order valence-electron chi connectivity index (χ1n) is 14.0. The molecule has 230 valence electrons. The standard InChI is InChI=1S/C29H34ClFN6O5S/c1-5-41-26(38)22-21(13-35-8-9-37-18(11-35)12-36(28(37)43)14-29(3,4)27(39)40)33-25(23-16(2)42-15-32-23)34-24(22)19-7-6-17(31)10-20(19)30/h6-7,10,15,18,24H,5,8-9,11-14H2,1-4H3,(H,33,34)(H,39,40). The van der Waals surface area contributed by atoms with Crippen molar-refractivity contribution in [1.29, 1.82) is 0 Å². The van der Waals surface area contributed by atoms with Crippen molar-refractivity contribution in [2.45, 2.75) is 39.8 Å². The fraction of sp³-hybridized carbons (Fsp3) is 0.483. The number of thiocarbonyl (C=S) groups is 1. The predicted molar refractivity (Wildman–Crippen MR) is 161 cm³/mol. The van der Waals surface area contributed by atoms with Gasteiger partial charge in [0.25, 0.3) is 0 Å². The van der Waals surface area contributed by atoms with Crippen molar-refractivity contribution in [3.63, 3.8) is 0 Å². The second kappa shape index (κ2) is 12.2. The number of carbonyl (C=O) groups excluding carboxylic acids is 1. The molecule has 3 aliphatic rings. The zero-order chi connectivity index (χ0) is 31.1. The van der Waals surface area contributed by atoms with Crippen molar-refractivity contribution in [3.05, 3.63) is 63.7 Å². The SMILES string of the molecule is CCOC(=O)C1=C(CN2CCN3C(=S)N(CC(C)(C)C(=O)O)CC3C2)NC(c2ncoc2C)=NC1c1ccc(F)cc1Cl. The van der Waals surface area contributed by atoms with Crippen LogP contribution in [0.3, 0.4) is 0 Å². The van der Waals surface area contributed by atoms with Crippen LogP contribution in [0.5, 0.6) is 0 Å². The average molecular weight is 633 g/mol. The number of carboxylic acids is 1. The number of nitrogens with zero attached hydrogens (tertiary/aromatic N) is 5. The monoisotopic (exact) mass is 632 g/mol. The van der Waals surface area contributed by atoms with Crippen molar-refractivity contribution >= 4 is 46.7 Å². The van der Waals surface area contributed by atoms with Gasteiger partial charge in [0.05, 0.1) is 23.6 Å². The summed E-state index contributed by atoms with van der Waals surface area (Å²) in [6.07, 6.45) is 1.32. The van der Waals surface area contributed by atoms with E-state index in [1.807, 2.05) is 4.90 Å². The molecule has 2 saturated heterocycles. The third kappa shape index (κ3) is 6.24. The van der Waals surface area contributed by atoms with Gasteiger partial charge in [-0.2, -0.15) is 0 Å². The summed E-state index contributed by atoms with van der Waals surface area (Å²) in [5.74, 6) is -1.01. The molecule has 1 aromatic heterocycles. The summed E-state index contributed by atoms with van der Waals surface area (Å²) in [4.78, 5) is 40.7. The van der Waals surface area contributed by atoms with Crippen molar-refractivity contribution in [1.82, 2.24) is 25.0 Å². The normalized spacial score (nSPS) is 21.1. The summed E-state index contributed by atoms with van der Waals surface area (Å²) in [5, 5.41) is 13.7. The number of rotatable bonds is 9. The summed E-state index contributed by atoms with van der Waals surface area (Å²) >= 11 is 12.2. The molecule has 14 heteroatoms. The van der Waals surface area contributed by atoms with E-state index in [0.717, 1.165) is 0 Å². The van der Waals surface area contributed by atoms with Crippen LogP contribution in [0.1, 0.15) is 43.8 Å². The lowest BCUT2D eigenvalue weighted by Gasteiger charge is -2.38. The lowest BCUT2D eigenvalue weighted by Crippen LogP contribution is -2.53. The number of halogens is 2. The smallest absolute Gasteiger partial charge is 0.338 e. The first-order chi connectivity index (χ1) is 20.4. The van der Waals surface area contributed by atoms with Crippen molar-refractivity contribution in [2.75, 3.05) is 45.9 Å². The number of aryl methyl sites for hydroxylation is 1. The Morgan fingerprint density at radius 2 is 2.07 bits per heavy atom. The number of aliphatic carboxylic acids is 1. The van der Waals surface area contributed by atoms with Crippen LogP contribution in [-0.2, 0) is 14.3 Å². The molecule has 11 nitrogen and oxygen atoms in total. The van der Waals surface area contributed by atoms with Gasteiger partial charge in [0.15, 0.2) is 17.3 Å². The minimum absolute atomic E-state index is 0.0503. The summed E-state index contributed by atoms with van der Waals surface area (Å²) in [6.45, 7) is 10.2. The van der Waals surface area contributed by atoms with E-state index in [9.17, 15) is 19.1 Å². The third-order valence-corrected chi connectivity index (χ3v) is 8.73. The zero-order valence-corrected chi connectivity index (χ0v) is 26.0. The Hall–Kier alpha value is -3.55. The zero-order valence-electron chi connectivity index (χ0n) is 24.4. The van der Waals surface area contributed by atoms with Crippen LogP contribution in [0.25, 0.3) is 0 Å². The second-order valence-electron chi connectivity index (χ2n) is 11.5. The van der Waals surface area contributed by atoms with E-state index in [-0.39, 0.29) is 23.2 Å². The first-order valence-corrected chi connectivity index (χ1v) is 14.8. The number of nitrogens with one attached hydrogen (secondary N) is 1. The van der Waals surface area contributed by atoms with Gasteiger partial charge in [-0.3, -0.25) is 14.7 Å². The van der Waals surface area contributed by atoms with Crippen molar-refractivity contribution in [3.8, 4) is 0 Å². The molecule has 1 aromatic carbocycles. The van der Waals surface area contributed by atoms with Crippen LogP contribution >= 0.6 is 23.8 Å². The maximum absolute atomic E-state index is 14.0. The summed E-state index contributed by atoms with van der Waals surface area (Å²) in [7, 11) is 0. The lowest BCUT2D eigenvalue weighted by molar-refractivity contribution is -0.147. The minimum Gasteiger partial charge on any atom is -0.481 e. The van der Waals surface area contributed by atoms with Gasteiger partial charge in [0.2, 0.25) is 0 Å². The second-order valence-corrected chi connectivity index (χ2v) is 12.2. The minimum atomic E-state index is -0.949. The van der Waals surface area contributed by atoms with E-state index >= 15 is 0 Å². The van der Waals surface area contributed by atoms with Crippen LogP contribution in [0, 0.1) is 18.2 Å². The Bertz CT molecular complexity index is 1510. The highest BCUT2D eigenvalue weighted by Gasteiger charge is 2.42. The van der Waals surface area contributed by atoms with E-state index in [1.165, 1.54) is 24.6 Å². The molecule has 0 aliphatic carbocycles. The number of carboxylic acid groups (broad SMARTS) is 1. The number of hydrogen-bond donors (Lipinski definition) is 2. The van der Waals surface area contributed by atoms with Gasteiger partial charge < -0.3 is 29.4 Å².